The third-order valence-corrected chi connectivity index (χ3v) is 2.89. The predicted molar refractivity (Wildman–Crippen MR) is 81.6 cm³/mol. The molecule has 0 saturated carbocycles. The second-order valence-electron chi connectivity index (χ2n) is 5.24. The zero-order valence-electron chi connectivity index (χ0n) is 13.0. The molecule has 1 rings (SSSR count). The second-order valence-corrected chi connectivity index (χ2v) is 5.24. The number of nitrogens with zero attached hydrogens (tertiary/aromatic N) is 1. The summed E-state index contributed by atoms with van der Waals surface area (Å²) in [7, 11) is 1.59. The third kappa shape index (κ3) is 6.14. The molecule has 118 valence electrons. The Morgan fingerprint density at radius 1 is 1.33 bits per heavy atom. The number of amides is 1. The van der Waals surface area contributed by atoms with Gasteiger partial charge in [0.1, 0.15) is 5.75 Å². The largest absolute Gasteiger partial charge is 0.493 e. The molecule has 21 heavy (non-hydrogen) atoms. The van der Waals surface area contributed by atoms with Crippen LogP contribution >= 0.6 is 0 Å². The Hall–Kier alpha value is -1.59. The molecule has 0 aromatic heterocycles. The van der Waals surface area contributed by atoms with Crippen LogP contribution in [0.5, 0.6) is 5.75 Å². The highest BCUT2D eigenvalue weighted by Crippen LogP contribution is 2.16. The molecule has 0 bridgehead atoms. The first-order chi connectivity index (χ1) is 10.1. The summed E-state index contributed by atoms with van der Waals surface area (Å²) < 4.78 is 10.6. The fourth-order valence-corrected chi connectivity index (χ4v) is 1.80. The summed E-state index contributed by atoms with van der Waals surface area (Å²) in [5.74, 6) is 0.985. The Morgan fingerprint density at radius 2 is 2.10 bits per heavy atom. The van der Waals surface area contributed by atoms with Crippen LogP contribution in [-0.2, 0) is 4.74 Å². The van der Waals surface area contributed by atoms with Crippen molar-refractivity contribution in [2.75, 3.05) is 40.0 Å². The van der Waals surface area contributed by atoms with Gasteiger partial charge in [-0.1, -0.05) is 19.9 Å². The van der Waals surface area contributed by atoms with E-state index in [-0.39, 0.29) is 12.5 Å². The molecular formula is C16H25NO4. The number of carbonyl (C=O) groups is 1. The minimum absolute atomic E-state index is 0.0704. The van der Waals surface area contributed by atoms with Crippen molar-refractivity contribution in [3.05, 3.63) is 29.8 Å². The second kappa shape index (κ2) is 9.37. The molecule has 1 amide bonds. The molecule has 1 N–H and O–H groups in total. The summed E-state index contributed by atoms with van der Waals surface area (Å²) in [4.78, 5) is 14.0. The van der Waals surface area contributed by atoms with Crippen LogP contribution in [0.3, 0.4) is 0 Å². The first-order valence-corrected chi connectivity index (χ1v) is 7.20. The van der Waals surface area contributed by atoms with E-state index in [1.807, 2.05) is 6.07 Å². The first kappa shape index (κ1) is 17.5. The van der Waals surface area contributed by atoms with Gasteiger partial charge >= 0.3 is 0 Å². The number of carbonyl (C=O) groups excluding carboxylic acids is 1. The molecule has 0 spiro atoms. The lowest BCUT2D eigenvalue weighted by Gasteiger charge is -2.21. The maximum absolute atomic E-state index is 12.4. The van der Waals surface area contributed by atoms with Gasteiger partial charge in [0, 0.05) is 25.8 Å². The van der Waals surface area contributed by atoms with Crippen LogP contribution in [0.4, 0.5) is 0 Å². The van der Waals surface area contributed by atoms with Crippen molar-refractivity contribution in [2.45, 2.75) is 13.8 Å². The molecular weight excluding hydrogens is 270 g/mol. The van der Waals surface area contributed by atoms with E-state index in [0.29, 0.717) is 43.5 Å². The summed E-state index contributed by atoms with van der Waals surface area (Å²) in [5, 5.41) is 9.07. The maximum Gasteiger partial charge on any atom is 0.254 e. The van der Waals surface area contributed by atoms with Crippen molar-refractivity contribution >= 4 is 5.91 Å². The zero-order chi connectivity index (χ0) is 15.7. The number of hydrogen-bond acceptors (Lipinski definition) is 4. The van der Waals surface area contributed by atoms with Crippen LogP contribution in [0.1, 0.15) is 24.2 Å². The fraction of sp³-hybridized carbons (Fsp3) is 0.562. The molecule has 5 heteroatoms. The zero-order valence-corrected chi connectivity index (χ0v) is 13.0. The Bertz CT molecular complexity index is 434. The van der Waals surface area contributed by atoms with Crippen LogP contribution in [0.2, 0.25) is 0 Å². The fourth-order valence-electron chi connectivity index (χ4n) is 1.80. The van der Waals surface area contributed by atoms with Crippen LogP contribution in [-0.4, -0.2) is 55.9 Å². The molecule has 1 aromatic carbocycles. The van der Waals surface area contributed by atoms with E-state index in [2.05, 4.69) is 13.8 Å². The van der Waals surface area contributed by atoms with Gasteiger partial charge < -0.3 is 19.5 Å². The molecule has 5 nitrogen and oxygen atoms in total. The Morgan fingerprint density at radius 3 is 2.71 bits per heavy atom. The SMILES string of the molecule is COCCN(CCO)C(=O)c1cccc(OCC(C)C)c1. The van der Waals surface area contributed by atoms with Crippen LogP contribution in [0.15, 0.2) is 24.3 Å². The highest BCUT2D eigenvalue weighted by Gasteiger charge is 2.15. The number of aliphatic hydroxyl groups is 1. The molecule has 0 unspecified atom stereocenters. The van der Waals surface area contributed by atoms with Gasteiger partial charge in [0.15, 0.2) is 0 Å². The average Bonchev–Trinajstić information content (AvgIpc) is 2.49. The highest BCUT2D eigenvalue weighted by molar-refractivity contribution is 5.94. The topological polar surface area (TPSA) is 59.0 Å². The smallest absolute Gasteiger partial charge is 0.254 e. The number of hydrogen-bond donors (Lipinski definition) is 1. The Labute approximate surface area is 126 Å². The Kier molecular flexibility index (Phi) is 7.79. The minimum atomic E-state index is -0.129. The molecule has 0 aliphatic rings. The standard InChI is InChI=1S/C16H25NO4/c1-13(2)12-21-15-6-4-5-14(11-15)16(19)17(7-9-18)8-10-20-3/h4-6,11,13,18H,7-10,12H2,1-3H3. The van der Waals surface area contributed by atoms with Crippen LogP contribution < -0.4 is 4.74 Å². The van der Waals surface area contributed by atoms with Gasteiger partial charge in [-0.3, -0.25) is 4.79 Å². The summed E-state index contributed by atoms with van der Waals surface area (Å²) in [6, 6.07) is 7.13. The van der Waals surface area contributed by atoms with Gasteiger partial charge in [0.25, 0.3) is 5.91 Å². The van der Waals surface area contributed by atoms with Crippen molar-refractivity contribution in [2.24, 2.45) is 5.92 Å². The third-order valence-electron chi connectivity index (χ3n) is 2.89. The van der Waals surface area contributed by atoms with Gasteiger partial charge in [-0.25, -0.2) is 0 Å². The van der Waals surface area contributed by atoms with E-state index in [1.165, 1.54) is 0 Å². The van der Waals surface area contributed by atoms with Crippen molar-refractivity contribution in [3.8, 4) is 5.75 Å². The monoisotopic (exact) mass is 295 g/mol. The molecule has 0 atom stereocenters. The van der Waals surface area contributed by atoms with E-state index < -0.39 is 0 Å². The number of benzene rings is 1. The molecule has 1 aromatic rings. The summed E-state index contributed by atoms with van der Waals surface area (Å²) in [6.45, 7) is 5.87. The first-order valence-electron chi connectivity index (χ1n) is 7.20. The van der Waals surface area contributed by atoms with Gasteiger partial charge in [0.2, 0.25) is 0 Å². The molecule has 0 aliphatic heterocycles. The van der Waals surface area contributed by atoms with E-state index in [0.717, 1.165) is 0 Å². The van der Waals surface area contributed by atoms with E-state index in [4.69, 9.17) is 14.6 Å². The van der Waals surface area contributed by atoms with E-state index in [1.54, 1.807) is 30.2 Å². The van der Waals surface area contributed by atoms with Crippen LogP contribution in [0, 0.1) is 5.92 Å². The summed E-state index contributed by atoms with van der Waals surface area (Å²) in [6.07, 6.45) is 0. The summed E-state index contributed by atoms with van der Waals surface area (Å²) in [5.41, 5.74) is 0.556. The predicted octanol–water partition coefficient (Wildman–Crippen LogP) is 1.80. The van der Waals surface area contributed by atoms with Crippen molar-refractivity contribution in [1.82, 2.24) is 4.90 Å². The number of aliphatic hydroxyl groups excluding tert-OH is 1. The number of methoxy groups -OCH3 is 1. The average molecular weight is 295 g/mol. The molecule has 0 heterocycles. The minimum Gasteiger partial charge on any atom is -0.493 e. The van der Waals surface area contributed by atoms with Crippen LogP contribution in [0.25, 0.3) is 0 Å². The van der Waals surface area contributed by atoms with Gasteiger partial charge in [-0.05, 0) is 24.1 Å². The van der Waals surface area contributed by atoms with Crippen molar-refractivity contribution < 1.29 is 19.4 Å². The van der Waals surface area contributed by atoms with Gasteiger partial charge in [-0.2, -0.15) is 0 Å². The molecule has 0 saturated heterocycles. The number of rotatable bonds is 9. The quantitative estimate of drug-likeness (QED) is 0.755. The van der Waals surface area contributed by atoms with Crippen molar-refractivity contribution in [3.63, 3.8) is 0 Å². The number of ether oxygens (including phenoxy) is 2. The normalized spacial score (nSPS) is 10.7. The lowest BCUT2D eigenvalue weighted by molar-refractivity contribution is 0.0656. The van der Waals surface area contributed by atoms with Gasteiger partial charge in [-0.15, -0.1) is 0 Å². The molecule has 0 radical (unpaired) electrons. The lowest BCUT2D eigenvalue weighted by atomic mass is 10.2. The van der Waals surface area contributed by atoms with Gasteiger partial charge in [0.05, 0.1) is 19.8 Å². The highest BCUT2D eigenvalue weighted by atomic mass is 16.5. The van der Waals surface area contributed by atoms with Crippen molar-refractivity contribution in [1.29, 1.82) is 0 Å². The maximum atomic E-state index is 12.4. The molecule has 0 aliphatic carbocycles. The lowest BCUT2D eigenvalue weighted by Crippen LogP contribution is -2.36. The molecule has 0 fully saturated rings. The van der Waals surface area contributed by atoms with E-state index in [9.17, 15) is 4.79 Å². The Balaban J connectivity index is 2.76. The summed E-state index contributed by atoms with van der Waals surface area (Å²) >= 11 is 0. The van der Waals surface area contributed by atoms with E-state index >= 15 is 0 Å².